The van der Waals surface area contributed by atoms with Crippen molar-refractivity contribution in [1.82, 2.24) is 0 Å². The molecule has 0 atom stereocenters. The number of nitrogens with zero attached hydrogens (tertiary/aromatic N) is 1. The largest absolute Gasteiger partial charge is 0.494 e. The molecule has 0 bridgehead atoms. The van der Waals surface area contributed by atoms with Crippen LogP contribution in [0.1, 0.15) is 10.4 Å². The number of benzene rings is 2. The van der Waals surface area contributed by atoms with Crippen LogP contribution in [0.5, 0.6) is 5.75 Å². The lowest BCUT2D eigenvalue weighted by Gasteiger charge is -2.08. The fourth-order valence-electron chi connectivity index (χ4n) is 2.69. The summed E-state index contributed by atoms with van der Waals surface area (Å²) in [4.78, 5) is 4.99. The predicted octanol–water partition coefficient (Wildman–Crippen LogP) is 6.26. The van der Waals surface area contributed by atoms with Crippen molar-refractivity contribution in [2.45, 2.75) is 13.1 Å². The normalized spacial score (nSPS) is 12.9. The number of alkyl halides is 3. The highest BCUT2D eigenvalue weighted by atomic mass is 32.1. The van der Waals surface area contributed by atoms with Gasteiger partial charge in [0.05, 0.1) is 17.7 Å². The molecule has 7 heteroatoms. The Morgan fingerprint density at radius 2 is 1.83 bits per heavy atom. The lowest BCUT2D eigenvalue weighted by atomic mass is 10.1. The second-order valence-corrected chi connectivity index (χ2v) is 7.25. The molecule has 0 aliphatic carbocycles. The predicted molar refractivity (Wildman–Crippen MR) is 112 cm³/mol. The van der Waals surface area contributed by atoms with Crippen molar-refractivity contribution in [3.05, 3.63) is 82.2 Å². The van der Waals surface area contributed by atoms with E-state index in [1.54, 1.807) is 24.3 Å². The molecule has 0 saturated carbocycles. The van der Waals surface area contributed by atoms with Crippen molar-refractivity contribution in [3.8, 4) is 16.9 Å². The van der Waals surface area contributed by atoms with Gasteiger partial charge in [-0.1, -0.05) is 42.0 Å². The SMILES string of the molecule is COc1ccccc1N=C(C=C(N)C(F)(F)F)c1cc(-c2cccc(C)c2)cs1. The van der Waals surface area contributed by atoms with E-state index in [0.29, 0.717) is 16.3 Å². The van der Waals surface area contributed by atoms with E-state index in [9.17, 15) is 13.2 Å². The first-order valence-electron chi connectivity index (χ1n) is 8.70. The Kier molecular flexibility index (Phi) is 6.08. The number of hydrogen-bond donors (Lipinski definition) is 1. The molecule has 29 heavy (non-hydrogen) atoms. The number of aryl methyl sites for hydroxylation is 1. The topological polar surface area (TPSA) is 47.6 Å². The third-order valence-corrected chi connectivity index (χ3v) is 5.10. The second-order valence-electron chi connectivity index (χ2n) is 6.34. The van der Waals surface area contributed by atoms with Crippen LogP contribution in [0.2, 0.25) is 0 Å². The van der Waals surface area contributed by atoms with Gasteiger partial charge in [0.1, 0.15) is 17.1 Å². The van der Waals surface area contributed by atoms with E-state index in [0.717, 1.165) is 22.8 Å². The molecule has 3 nitrogen and oxygen atoms in total. The summed E-state index contributed by atoms with van der Waals surface area (Å²) in [6, 6.07) is 16.6. The van der Waals surface area contributed by atoms with Crippen molar-refractivity contribution < 1.29 is 17.9 Å². The highest BCUT2D eigenvalue weighted by molar-refractivity contribution is 7.12. The average Bonchev–Trinajstić information content (AvgIpc) is 3.17. The number of rotatable bonds is 5. The van der Waals surface area contributed by atoms with Crippen LogP contribution in [-0.4, -0.2) is 19.0 Å². The number of halogens is 3. The molecule has 0 aliphatic rings. The first-order chi connectivity index (χ1) is 13.8. The van der Waals surface area contributed by atoms with Crippen molar-refractivity contribution in [1.29, 1.82) is 0 Å². The molecule has 0 amide bonds. The van der Waals surface area contributed by atoms with Crippen molar-refractivity contribution >= 4 is 22.7 Å². The molecule has 3 rings (SSSR count). The van der Waals surface area contributed by atoms with Crippen LogP contribution in [-0.2, 0) is 0 Å². The molecule has 0 fully saturated rings. The van der Waals surface area contributed by atoms with Crippen molar-refractivity contribution in [2.75, 3.05) is 7.11 Å². The number of para-hydroxylation sites is 2. The Balaban J connectivity index is 2.10. The molecule has 0 aliphatic heterocycles. The van der Waals surface area contributed by atoms with Crippen LogP contribution in [0.3, 0.4) is 0 Å². The molecule has 0 spiro atoms. The van der Waals surface area contributed by atoms with Crippen LogP contribution < -0.4 is 10.5 Å². The summed E-state index contributed by atoms with van der Waals surface area (Å²) < 4.78 is 44.4. The maximum atomic E-state index is 13.1. The van der Waals surface area contributed by atoms with Crippen LogP contribution >= 0.6 is 11.3 Å². The van der Waals surface area contributed by atoms with E-state index < -0.39 is 11.9 Å². The van der Waals surface area contributed by atoms with Gasteiger partial charge in [0.25, 0.3) is 0 Å². The summed E-state index contributed by atoms with van der Waals surface area (Å²) in [7, 11) is 1.48. The molecule has 2 N–H and O–H groups in total. The molecule has 2 aromatic carbocycles. The number of hydrogen-bond acceptors (Lipinski definition) is 4. The monoisotopic (exact) mass is 416 g/mol. The zero-order chi connectivity index (χ0) is 21.0. The van der Waals surface area contributed by atoms with Gasteiger partial charge in [-0.25, -0.2) is 4.99 Å². The van der Waals surface area contributed by atoms with Gasteiger partial charge >= 0.3 is 6.18 Å². The van der Waals surface area contributed by atoms with Gasteiger partial charge in [-0.05, 0) is 47.7 Å². The zero-order valence-corrected chi connectivity index (χ0v) is 16.6. The molecular formula is C22H19F3N2OS. The van der Waals surface area contributed by atoms with E-state index >= 15 is 0 Å². The molecule has 3 aromatic rings. The van der Waals surface area contributed by atoms with Crippen LogP contribution in [0.15, 0.2) is 76.7 Å². The Labute approximate surface area is 171 Å². The molecule has 0 unspecified atom stereocenters. The van der Waals surface area contributed by atoms with Gasteiger partial charge in [0, 0.05) is 0 Å². The van der Waals surface area contributed by atoms with Crippen LogP contribution in [0, 0.1) is 6.92 Å². The van der Waals surface area contributed by atoms with Gasteiger partial charge in [-0.15, -0.1) is 11.3 Å². The number of nitrogens with two attached hydrogens (primary N) is 1. The van der Waals surface area contributed by atoms with Crippen LogP contribution in [0.4, 0.5) is 18.9 Å². The van der Waals surface area contributed by atoms with E-state index in [4.69, 9.17) is 10.5 Å². The van der Waals surface area contributed by atoms with Gasteiger partial charge in [-0.3, -0.25) is 0 Å². The number of methoxy groups -OCH3 is 1. The quantitative estimate of drug-likeness (QED) is 0.499. The van der Waals surface area contributed by atoms with Gasteiger partial charge in [-0.2, -0.15) is 13.2 Å². The minimum atomic E-state index is -4.64. The molecule has 150 valence electrons. The maximum Gasteiger partial charge on any atom is 0.430 e. The van der Waals surface area contributed by atoms with E-state index in [2.05, 4.69) is 4.99 Å². The molecule has 0 radical (unpaired) electrons. The van der Waals surface area contributed by atoms with E-state index in [1.807, 2.05) is 42.6 Å². The van der Waals surface area contributed by atoms with E-state index in [1.165, 1.54) is 18.4 Å². The first-order valence-corrected chi connectivity index (χ1v) is 9.58. The summed E-state index contributed by atoms with van der Waals surface area (Å²) in [5, 5.41) is 1.89. The summed E-state index contributed by atoms with van der Waals surface area (Å²) in [6.07, 6.45) is -3.78. The lowest BCUT2D eigenvalue weighted by molar-refractivity contribution is -0.0925. The van der Waals surface area contributed by atoms with Gasteiger partial charge < -0.3 is 10.5 Å². The number of ether oxygens (including phenoxy) is 1. The molecule has 0 saturated heterocycles. The summed E-state index contributed by atoms with van der Waals surface area (Å²) in [6.45, 7) is 1.98. The molecule has 1 aromatic heterocycles. The lowest BCUT2D eigenvalue weighted by Crippen LogP contribution is -2.20. The summed E-state index contributed by atoms with van der Waals surface area (Å²) in [5.41, 5.74) is 7.59. The summed E-state index contributed by atoms with van der Waals surface area (Å²) in [5.74, 6) is 0.458. The highest BCUT2D eigenvalue weighted by Gasteiger charge is 2.32. The third kappa shape index (κ3) is 5.06. The number of allylic oxidation sites excluding steroid dienone is 2. The number of thiophene rings is 1. The summed E-state index contributed by atoms with van der Waals surface area (Å²) >= 11 is 1.30. The Morgan fingerprint density at radius 1 is 1.07 bits per heavy atom. The standard InChI is InChI=1S/C22H19F3N2OS/c1-14-6-5-7-15(10-14)16-11-20(29-13-16)18(12-21(26)22(23,24)25)27-17-8-3-4-9-19(17)28-2/h3-13H,26H2,1-2H3. The fraction of sp³-hybridized carbons (Fsp3) is 0.136. The first kappa shape index (κ1) is 20.7. The minimum absolute atomic E-state index is 0.119. The van der Waals surface area contributed by atoms with E-state index in [-0.39, 0.29) is 5.71 Å². The Hall–Kier alpha value is -3.06. The fourth-order valence-corrected chi connectivity index (χ4v) is 3.56. The zero-order valence-electron chi connectivity index (χ0n) is 15.8. The molecular weight excluding hydrogens is 397 g/mol. The minimum Gasteiger partial charge on any atom is -0.494 e. The number of aliphatic imine (C=N–C) groups is 1. The van der Waals surface area contributed by atoms with Gasteiger partial charge in [0.15, 0.2) is 0 Å². The second kappa shape index (κ2) is 8.53. The Morgan fingerprint density at radius 3 is 2.52 bits per heavy atom. The van der Waals surface area contributed by atoms with Crippen molar-refractivity contribution in [3.63, 3.8) is 0 Å². The Bertz CT molecular complexity index is 1070. The van der Waals surface area contributed by atoms with Crippen molar-refractivity contribution in [2.24, 2.45) is 10.7 Å². The highest BCUT2D eigenvalue weighted by Crippen LogP contribution is 2.32. The third-order valence-electron chi connectivity index (χ3n) is 4.15. The average molecular weight is 416 g/mol. The molecule has 1 heterocycles. The van der Waals surface area contributed by atoms with Crippen LogP contribution in [0.25, 0.3) is 11.1 Å². The van der Waals surface area contributed by atoms with Gasteiger partial charge in [0.2, 0.25) is 0 Å². The maximum absolute atomic E-state index is 13.1. The smallest absolute Gasteiger partial charge is 0.430 e.